The van der Waals surface area contributed by atoms with Crippen LogP contribution < -0.4 is 0 Å². The Morgan fingerprint density at radius 3 is 0.851 bits per heavy atom. The van der Waals surface area contributed by atoms with E-state index in [4.69, 9.17) is 14.2 Å². The lowest BCUT2D eigenvalue weighted by Crippen LogP contribution is -2.30. The molecule has 6 heteroatoms. The van der Waals surface area contributed by atoms with Gasteiger partial charge in [0.15, 0.2) is 6.10 Å². The van der Waals surface area contributed by atoms with Crippen LogP contribution in [0.1, 0.15) is 271 Å². The van der Waals surface area contributed by atoms with Gasteiger partial charge < -0.3 is 14.2 Å². The van der Waals surface area contributed by atoms with Crippen LogP contribution in [0.15, 0.2) is 122 Å². The van der Waals surface area contributed by atoms with Gasteiger partial charge in [-0.05, 0) is 116 Å². The third-order valence-corrected chi connectivity index (χ3v) is 12.7. The van der Waals surface area contributed by atoms with Crippen molar-refractivity contribution in [2.45, 2.75) is 277 Å². The Bertz CT molecular complexity index is 1550. The van der Waals surface area contributed by atoms with Crippen LogP contribution in [-0.4, -0.2) is 37.2 Å². The monoisotopic (exact) mass is 1020 g/mol. The largest absolute Gasteiger partial charge is 0.462 e. The van der Waals surface area contributed by atoms with E-state index in [0.29, 0.717) is 19.3 Å². The van der Waals surface area contributed by atoms with E-state index >= 15 is 0 Å². The van der Waals surface area contributed by atoms with Crippen molar-refractivity contribution < 1.29 is 28.6 Å². The molecule has 0 aromatic carbocycles. The molecule has 0 aromatic heterocycles. The van der Waals surface area contributed by atoms with Gasteiger partial charge >= 0.3 is 17.9 Å². The van der Waals surface area contributed by atoms with Gasteiger partial charge in [0.1, 0.15) is 13.2 Å². The van der Waals surface area contributed by atoms with Crippen molar-refractivity contribution in [3.05, 3.63) is 122 Å². The Hall–Kier alpha value is -4.19. The average molecular weight is 1030 g/mol. The average Bonchev–Trinajstić information content (AvgIpc) is 3.40. The molecule has 0 aliphatic carbocycles. The SMILES string of the molecule is CC/C=C\C/C=C\C/C=C\C/C=C\C/C=C\C/C=C\C/C=C\C/C=C\CCCCCCCCC(=O)OCC(COC(=O)CCCCCCCC)OC(=O)CCCCCCCCCCC/C=C\C/C=C\CCCCC. The topological polar surface area (TPSA) is 78.9 Å². The van der Waals surface area contributed by atoms with Crippen LogP contribution in [-0.2, 0) is 28.6 Å². The summed E-state index contributed by atoms with van der Waals surface area (Å²) in [5.74, 6) is -0.915. The fourth-order valence-electron chi connectivity index (χ4n) is 8.13. The molecule has 0 aliphatic rings. The van der Waals surface area contributed by atoms with E-state index in [0.717, 1.165) is 128 Å². The molecule has 0 saturated heterocycles. The van der Waals surface area contributed by atoms with Gasteiger partial charge in [0.2, 0.25) is 0 Å². The zero-order valence-electron chi connectivity index (χ0n) is 48.1. The molecule has 6 nitrogen and oxygen atoms in total. The zero-order valence-corrected chi connectivity index (χ0v) is 48.1. The van der Waals surface area contributed by atoms with E-state index in [1.807, 2.05) is 0 Å². The maximum atomic E-state index is 12.8. The van der Waals surface area contributed by atoms with Crippen LogP contribution in [0.2, 0.25) is 0 Å². The van der Waals surface area contributed by atoms with Gasteiger partial charge in [0.25, 0.3) is 0 Å². The van der Waals surface area contributed by atoms with Gasteiger partial charge in [-0.3, -0.25) is 14.4 Å². The quantitative estimate of drug-likeness (QED) is 0.0261. The van der Waals surface area contributed by atoms with Gasteiger partial charge in [0, 0.05) is 19.3 Å². The summed E-state index contributed by atoms with van der Waals surface area (Å²) in [7, 11) is 0. The molecule has 0 heterocycles. The van der Waals surface area contributed by atoms with E-state index in [1.54, 1.807) is 0 Å². The molecule has 1 unspecified atom stereocenters. The summed E-state index contributed by atoms with van der Waals surface area (Å²) < 4.78 is 16.8. The van der Waals surface area contributed by atoms with Gasteiger partial charge in [-0.25, -0.2) is 0 Å². The number of unbranched alkanes of at least 4 members (excludes halogenated alkanes) is 23. The molecule has 74 heavy (non-hydrogen) atoms. The highest BCUT2D eigenvalue weighted by Crippen LogP contribution is 2.15. The smallest absolute Gasteiger partial charge is 0.306 e. The van der Waals surface area contributed by atoms with Crippen LogP contribution in [0.5, 0.6) is 0 Å². The molecule has 0 fully saturated rings. The molecular formula is C68H112O6. The number of allylic oxidation sites excluding steroid dienone is 20. The second-order valence-electron chi connectivity index (χ2n) is 19.9. The van der Waals surface area contributed by atoms with Gasteiger partial charge in [-0.2, -0.15) is 0 Å². The number of hydrogen-bond donors (Lipinski definition) is 0. The predicted octanol–water partition coefficient (Wildman–Crippen LogP) is 20.8. The first-order chi connectivity index (χ1) is 36.5. The first-order valence-electron chi connectivity index (χ1n) is 30.5. The molecule has 0 aromatic rings. The van der Waals surface area contributed by atoms with Crippen molar-refractivity contribution in [2.75, 3.05) is 13.2 Å². The lowest BCUT2D eigenvalue weighted by Gasteiger charge is -2.18. The van der Waals surface area contributed by atoms with Crippen molar-refractivity contribution >= 4 is 17.9 Å². The fraction of sp³-hybridized carbons (Fsp3) is 0.662. The maximum Gasteiger partial charge on any atom is 0.306 e. The summed E-state index contributed by atoms with van der Waals surface area (Å²) in [6.45, 7) is 6.43. The summed E-state index contributed by atoms with van der Waals surface area (Å²) in [4.78, 5) is 37.9. The predicted molar refractivity (Wildman–Crippen MR) is 320 cm³/mol. The second kappa shape index (κ2) is 61.4. The third kappa shape index (κ3) is 58.7. The number of rotatable bonds is 54. The third-order valence-electron chi connectivity index (χ3n) is 12.7. The molecule has 0 N–H and O–H groups in total. The molecule has 0 spiro atoms. The Balaban J connectivity index is 4.17. The van der Waals surface area contributed by atoms with E-state index in [9.17, 15) is 14.4 Å². The number of esters is 3. The summed E-state index contributed by atoms with van der Waals surface area (Å²) in [5, 5.41) is 0. The molecule has 0 radical (unpaired) electrons. The van der Waals surface area contributed by atoms with E-state index in [1.165, 1.54) is 103 Å². The van der Waals surface area contributed by atoms with Crippen LogP contribution in [0.3, 0.4) is 0 Å². The summed E-state index contributed by atoms with van der Waals surface area (Å²) in [6.07, 6.45) is 85.1. The number of carbonyl (C=O) groups excluding carboxylic acids is 3. The highest BCUT2D eigenvalue weighted by atomic mass is 16.6. The Morgan fingerprint density at radius 2 is 0.527 bits per heavy atom. The minimum Gasteiger partial charge on any atom is -0.462 e. The summed E-state index contributed by atoms with van der Waals surface area (Å²) in [5.41, 5.74) is 0. The number of hydrogen-bond acceptors (Lipinski definition) is 6. The standard InChI is InChI=1S/C68H112O6/c1-4-7-10-13-16-18-20-22-24-26-28-29-30-31-32-33-34-35-36-37-38-39-41-42-44-46-48-50-52-55-58-61-67(70)73-64-65(63-72-66(69)60-57-54-15-12-9-6-3)74-68(71)62-59-56-53-51-49-47-45-43-40-27-25-23-21-19-17-14-11-8-5-2/h7,10,16-19,22-25,28-29,31-32,34-35,37-38,41-42,65H,4-6,8-9,11-15,20-21,26-27,30,33,36,39-40,43-64H2,1-3H3/b10-7-,18-16-,19-17-,24-22-,25-23-,29-28-,32-31-,35-34-,38-37-,42-41-. The van der Waals surface area contributed by atoms with Gasteiger partial charge in [-0.15, -0.1) is 0 Å². The van der Waals surface area contributed by atoms with Crippen LogP contribution in [0, 0.1) is 0 Å². The molecule has 0 amide bonds. The van der Waals surface area contributed by atoms with Gasteiger partial charge in [0.05, 0.1) is 0 Å². The van der Waals surface area contributed by atoms with E-state index in [2.05, 4.69) is 142 Å². The molecule has 0 bridgehead atoms. The lowest BCUT2D eigenvalue weighted by atomic mass is 10.1. The van der Waals surface area contributed by atoms with E-state index < -0.39 is 6.10 Å². The van der Waals surface area contributed by atoms with Crippen molar-refractivity contribution in [1.82, 2.24) is 0 Å². The number of ether oxygens (including phenoxy) is 3. The van der Waals surface area contributed by atoms with Crippen molar-refractivity contribution in [3.8, 4) is 0 Å². The number of carbonyl (C=O) groups is 3. The normalized spacial score (nSPS) is 13.0. The highest BCUT2D eigenvalue weighted by molar-refractivity contribution is 5.71. The lowest BCUT2D eigenvalue weighted by molar-refractivity contribution is -0.167. The fourth-order valence-corrected chi connectivity index (χ4v) is 8.13. The van der Waals surface area contributed by atoms with Crippen molar-refractivity contribution in [2.24, 2.45) is 0 Å². The molecule has 1 atom stereocenters. The van der Waals surface area contributed by atoms with Crippen LogP contribution in [0.25, 0.3) is 0 Å². The summed E-state index contributed by atoms with van der Waals surface area (Å²) >= 11 is 0. The van der Waals surface area contributed by atoms with Crippen molar-refractivity contribution in [1.29, 1.82) is 0 Å². The second-order valence-corrected chi connectivity index (χ2v) is 19.9. The Morgan fingerprint density at radius 1 is 0.284 bits per heavy atom. The first kappa shape index (κ1) is 69.8. The van der Waals surface area contributed by atoms with E-state index in [-0.39, 0.29) is 31.1 Å². The van der Waals surface area contributed by atoms with Crippen LogP contribution >= 0.6 is 0 Å². The zero-order chi connectivity index (χ0) is 53.6. The van der Waals surface area contributed by atoms with Gasteiger partial charge in [-0.1, -0.05) is 258 Å². The molecular weight excluding hydrogens is 913 g/mol. The minimum absolute atomic E-state index is 0.0858. The van der Waals surface area contributed by atoms with Crippen LogP contribution in [0.4, 0.5) is 0 Å². The maximum absolute atomic E-state index is 12.8. The minimum atomic E-state index is -0.786. The highest BCUT2D eigenvalue weighted by Gasteiger charge is 2.19. The van der Waals surface area contributed by atoms with Crippen molar-refractivity contribution in [3.63, 3.8) is 0 Å². The first-order valence-corrected chi connectivity index (χ1v) is 30.5. The molecule has 420 valence electrons. The molecule has 0 rings (SSSR count). The molecule has 0 aliphatic heterocycles. The Labute approximate surface area is 456 Å². The molecule has 0 saturated carbocycles. The summed E-state index contributed by atoms with van der Waals surface area (Å²) in [6, 6.07) is 0. The Kier molecular flexibility index (Phi) is 57.9.